The van der Waals surface area contributed by atoms with E-state index in [-0.39, 0.29) is 29.4 Å². The Bertz CT molecular complexity index is 1260. The number of hydrogen-bond acceptors (Lipinski definition) is 8. The molecule has 0 saturated carbocycles. The van der Waals surface area contributed by atoms with Crippen molar-refractivity contribution in [2.24, 2.45) is 5.73 Å². The number of para-hydroxylation sites is 1. The Labute approximate surface area is 177 Å². The van der Waals surface area contributed by atoms with Crippen LogP contribution >= 0.6 is 0 Å². The number of carbonyl (C=O) groups excluding carboxylic acids is 1. The molecule has 8 nitrogen and oxygen atoms in total. The molecule has 1 aromatic heterocycles. The highest BCUT2D eigenvalue weighted by atomic mass is 16.5. The third-order valence-corrected chi connectivity index (χ3v) is 5.09. The van der Waals surface area contributed by atoms with Gasteiger partial charge in [-0.3, -0.25) is 0 Å². The molecule has 1 atom stereocenters. The van der Waals surface area contributed by atoms with Crippen LogP contribution in [0.1, 0.15) is 24.0 Å². The van der Waals surface area contributed by atoms with Crippen molar-refractivity contribution in [1.82, 2.24) is 0 Å². The SMILES string of the molecule is CCOC(=O)C1=C(N)Oc2c(c(=O)oc3ccccc23)[C@H]1c1ccc(OC)c(OC)c1. The van der Waals surface area contributed by atoms with Gasteiger partial charge in [0, 0.05) is 0 Å². The van der Waals surface area contributed by atoms with Gasteiger partial charge in [-0.2, -0.15) is 0 Å². The Morgan fingerprint density at radius 1 is 1.10 bits per heavy atom. The van der Waals surface area contributed by atoms with Gasteiger partial charge in [0.2, 0.25) is 5.88 Å². The lowest BCUT2D eigenvalue weighted by atomic mass is 9.83. The first-order chi connectivity index (χ1) is 15.0. The highest BCUT2D eigenvalue weighted by Gasteiger charge is 2.39. The van der Waals surface area contributed by atoms with Gasteiger partial charge in [-0.05, 0) is 36.8 Å². The summed E-state index contributed by atoms with van der Waals surface area (Å²) in [5.41, 5.74) is 6.64. The number of esters is 1. The smallest absolute Gasteiger partial charge is 0.344 e. The zero-order chi connectivity index (χ0) is 22.1. The lowest BCUT2D eigenvalue weighted by Crippen LogP contribution is -2.31. The Morgan fingerprint density at radius 3 is 2.55 bits per heavy atom. The first kappa shape index (κ1) is 20.3. The van der Waals surface area contributed by atoms with Gasteiger partial charge in [-0.1, -0.05) is 18.2 Å². The molecule has 8 heteroatoms. The number of carbonyl (C=O) groups is 1. The van der Waals surface area contributed by atoms with Gasteiger partial charge < -0.3 is 29.1 Å². The molecule has 0 bridgehead atoms. The van der Waals surface area contributed by atoms with E-state index in [0.717, 1.165) is 0 Å². The quantitative estimate of drug-likeness (QED) is 0.492. The lowest BCUT2D eigenvalue weighted by molar-refractivity contribution is -0.139. The third-order valence-electron chi connectivity index (χ3n) is 5.09. The van der Waals surface area contributed by atoms with E-state index in [1.165, 1.54) is 14.2 Å². The second-order valence-corrected chi connectivity index (χ2v) is 6.78. The molecule has 0 spiro atoms. The fraction of sp³-hybridized carbons (Fsp3) is 0.217. The van der Waals surface area contributed by atoms with Crippen molar-refractivity contribution in [2.45, 2.75) is 12.8 Å². The van der Waals surface area contributed by atoms with Crippen molar-refractivity contribution < 1.29 is 28.2 Å². The van der Waals surface area contributed by atoms with Crippen molar-refractivity contribution in [3.05, 3.63) is 75.5 Å². The van der Waals surface area contributed by atoms with Gasteiger partial charge in [0.1, 0.15) is 11.2 Å². The number of rotatable bonds is 5. The number of ether oxygens (including phenoxy) is 4. The summed E-state index contributed by atoms with van der Waals surface area (Å²) >= 11 is 0. The Balaban J connectivity index is 2.03. The van der Waals surface area contributed by atoms with E-state index in [4.69, 9.17) is 29.1 Å². The Kier molecular flexibility index (Phi) is 5.29. The molecule has 160 valence electrons. The maximum Gasteiger partial charge on any atom is 0.344 e. The van der Waals surface area contributed by atoms with Crippen LogP contribution in [-0.2, 0) is 9.53 Å². The van der Waals surface area contributed by atoms with Crippen LogP contribution in [0.2, 0.25) is 0 Å². The number of benzene rings is 2. The summed E-state index contributed by atoms with van der Waals surface area (Å²) in [7, 11) is 3.02. The minimum Gasteiger partial charge on any atom is -0.493 e. The zero-order valence-corrected chi connectivity index (χ0v) is 17.3. The maximum absolute atomic E-state index is 13.1. The van der Waals surface area contributed by atoms with Crippen LogP contribution in [-0.4, -0.2) is 26.8 Å². The average molecular weight is 423 g/mol. The van der Waals surface area contributed by atoms with Crippen LogP contribution in [0.4, 0.5) is 0 Å². The molecule has 2 aromatic carbocycles. The molecule has 4 rings (SSSR count). The molecule has 31 heavy (non-hydrogen) atoms. The molecular weight excluding hydrogens is 402 g/mol. The van der Waals surface area contributed by atoms with Gasteiger partial charge in [0.05, 0.1) is 37.7 Å². The van der Waals surface area contributed by atoms with E-state index < -0.39 is 17.5 Å². The monoisotopic (exact) mass is 423 g/mol. The molecule has 0 amide bonds. The summed E-state index contributed by atoms with van der Waals surface area (Å²) in [5, 5.41) is 0.563. The molecule has 0 saturated heterocycles. The molecule has 0 fully saturated rings. The first-order valence-electron chi connectivity index (χ1n) is 9.62. The van der Waals surface area contributed by atoms with Crippen molar-refractivity contribution >= 4 is 16.9 Å². The van der Waals surface area contributed by atoms with Gasteiger partial charge in [-0.15, -0.1) is 0 Å². The van der Waals surface area contributed by atoms with E-state index in [1.54, 1.807) is 49.4 Å². The molecule has 1 aliphatic heterocycles. The zero-order valence-electron chi connectivity index (χ0n) is 17.3. The standard InChI is InChI=1S/C23H21NO7/c1-4-29-22(25)19-17(12-9-10-15(27-2)16(11-12)28-3)18-20(31-21(19)24)13-7-5-6-8-14(13)30-23(18)26/h5-11,17H,4,24H2,1-3H3/t17-/m1/s1. The van der Waals surface area contributed by atoms with E-state index in [9.17, 15) is 9.59 Å². The predicted molar refractivity (Wildman–Crippen MR) is 112 cm³/mol. The molecule has 3 aromatic rings. The maximum atomic E-state index is 13.1. The van der Waals surface area contributed by atoms with Crippen molar-refractivity contribution in [2.75, 3.05) is 20.8 Å². The number of nitrogens with two attached hydrogens (primary N) is 1. The minimum absolute atomic E-state index is 0.0177. The van der Waals surface area contributed by atoms with Crippen molar-refractivity contribution in [3.63, 3.8) is 0 Å². The van der Waals surface area contributed by atoms with E-state index in [0.29, 0.717) is 28.0 Å². The molecule has 2 heterocycles. The largest absolute Gasteiger partial charge is 0.493 e. The highest BCUT2D eigenvalue weighted by Crippen LogP contribution is 2.45. The van der Waals surface area contributed by atoms with Crippen LogP contribution in [0.25, 0.3) is 11.0 Å². The first-order valence-corrected chi connectivity index (χ1v) is 9.62. The minimum atomic E-state index is -0.886. The summed E-state index contributed by atoms with van der Waals surface area (Å²) in [6, 6.07) is 12.0. The van der Waals surface area contributed by atoms with E-state index in [1.807, 2.05) is 0 Å². The third kappa shape index (κ3) is 3.35. The molecule has 2 N–H and O–H groups in total. The van der Waals surface area contributed by atoms with Crippen LogP contribution in [0, 0.1) is 0 Å². The summed E-state index contributed by atoms with van der Waals surface area (Å²) < 4.78 is 27.2. The molecule has 0 radical (unpaired) electrons. The Hall–Kier alpha value is -3.94. The van der Waals surface area contributed by atoms with Crippen LogP contribution < -0.4 is 25.6 Å². The normalized spacial score (nSPS) is 15.3. The summed E-state index contributed by atoms with van der Waals surface area (Å²) in [4.78, 5) is 25.9. The predicted octanol–water partition coefficient (Wildman–Crippen LogP) is 3.07. The number of hydrogen-bond donors (Lipinski definition) is 1. The molecule has 0 aliphatic carbocycles. The van der Waals surface area contributed by atoms with Gasteiger partial charge in [-0.25, -0.2) is 9.59 Å². The topological polar surface area (TPSA) is 110 Å². The average Bonchev–Trinajstić information content (AvgIpc) is 2.77. The van der Waals surface area contributed by atoms with Crippen LogP contribution in [0.15, 0.2) is 63.1 Å². The van der Waals surface area contributed by atoms with E-state index >= 15 is 0 Å². The number of fused-ring (bicyclic) bond motifs is 3. The fourth-order valence-electron chi connectivity index (χ4n) is 3.74. The molecule has 1 aliphatic rings. The van der Waals surface area contributed by atoms with Gasteiger partial charge >= 0.3 is 11.6 Å². The summed E-state index contributed by atoms with van der Waals surface area (Å²) in [6.45, 7) is 1.81. The second kappa shape index (κ2) is 8.06. The number of methoxy groups -OCH3 is 2. The van der Waals surface area contributed by atoms with Crippen LogP contribution in [0.5, 0.6) is 17.2 Å². The molecule has 0 unspecified atom stereocenters. The van der Waals surface area contributed by atoms with Crippen LogP contribution in [0.3, 0.4) is 0 Å². The second-order valence-electron chi connectivity index (χ2n) is 6.78. The van der Waals surface area contributed by atoms with E-state index in [2.05, 4.69) is 0 Å². The summed E-state index contributed by atoms with van der Waals surface area (Å²) in [5.74, 6) is -0.529. The van der Waals surface area contributed by atoms with Gasteiger partial charge in [0.15, 0.2) is 17.2 Å². The van der Waals surface area contributed by atoms with Gasteiger partial charge in [0.25, 0.3) is 0 Å². The Morgan fingerprint density at radius 2 is 1.84 bits per heavy atom. The van der Waals surface area contributed by atoms with Crippen molar-refractivity contribution in [3.8, 4) is 17.2 Å². The van der Waals surface area contributed by atoms with Crippen molar-refractivity contribution in [1.29, 1.82) is 0 Å². The molecular formula is C23H21NO7. The summed E-state index contributed by atoms with van der Waals surface area (Å²) in [6.07, 6.45) is 0. The lowest BCUT2D eigenvalue weighted by Gasteiger charge is -2.28. The fourth-order valence-corrected chi connectivity index (χ4v) is 3.74. The highest BCUT2D eigenvalue weighted by molar-refractivity contribution is 5.94.